The van der Waals surface area contributed by atoms with E-state index in [4.69, 9.17) is 0 Å². The van der Waals surface area contributed by atoms with Crippen LogP contribution in [0.1, 0.15) is 24.3 Å². The SMILES string of the molecule is CC(C)NC(=O)c1cc(-c2cnc(-c3cccc(F)c3)nc2)cn1C. The van der Waals surface area contributed by atoms with Crippen molar-refractivity contribution in [2.45, 2.75) is 19.9 Å². The zero-order chi connectivity index (χ0) is 18.0. The third kappa shape index (κ3) is 3.74. The molecule has 1 aromatic carbocycles. The lowest BCUT2D eigenvalue weighted by Gasteiger charge is -2.08. The number of aryl methyl sites for hydroxylation is 1. The van der Waals surface area contributed by atoms with Crippen molar-refractivity contribution in [2.75, 3.05) is 0 Å². The summed E-state index contributed by atoms with van der Waals surface area (Å²) in [4.78, 5) is 20.8. The van der Waals surface area contributed by atoms with Crippen LogP contribution in [0.25, 0.3) is 22.5 Å². The Morgan fingerprint density at radius 1 is 1.12 bits per heavy atom. The van der Waals surface area contributed by atoms with E-state index in [2.05, 4.69) is 15.3 Å². The highest BCUT2D eigenvalue weighted by atomic mass is 19.1. The summed E-state index contributed by atoms with van der Waals surface area (Å²) in [7, 11) is 1.82. The van der Waals surface area contributed by atoms with Crippen LogP contribution in [0.15, 0.2) is 48.9 Å². The van der Waals surface area contributed by atoms with E-state index in [0.29, 0.717) is 17.1 Å². The molecular formula is C19H19FN4O. The molecule has 0 unspecified atom stereocenters. The topological polar surface area (TPSA) is 59.8 Å². The van der Waals surface area contributed by atoms with Gasteiger partial charge in [-0.1, -0.05) is 12.1 Å². The number of rotatable bonds is 4. The minimum Gasteiger partial charge on any atom is -0.349 e. The van der Waals surface area contributed by atoms with Crippen LogP contribution in [0.4, 0.5) is 4.39 Å². The molecule has 2 aromatic heterocycles. The highest BCUT2D eigenvalue weighted by molar-refractivity contribution is 5.94. The molecule has 1 amide bonds. The summed E-state index contributed by atoms with van der Waals surface area (Å²) >= 11 is 0. The second kappa shape index (κ2) is 6.84. The Bertz CT molecular complexity index is 900. The standard InChI is InChI=1S/C19H19FN4O/c1-12(2)23-19(25)17-8-14(11-24(17)3)15-9-21-18(22-10-15)13-5-4-6-16(20)7-13/h4-12H,1-3H3,(H,23,25). The Morgan fingerprint density at radius 2 is 1.84 bits per heavy atom. The van der Waals surface area contributed by atoms with Crippen LogP contribution >= 0.6 is 0 Å². The van der Waals surface area contributed by atoms with E-state index < -0.39 is 0 Å². The molecule has 0 spiro atoms. The highest BCUT2D eigenvalue weighted by Gasteiger charge is 2.14. The van der Waals surface area contributed by atoms with Crippen molar-refractivity contribution in [2.24, 2.45) is 7.05 Å². The van der Waals surface area contributed by atoms with Crippen molar-refractivity contribution < 1.29 is 9.18 Å². The van der Waals surface area contributed by atoms with Gasteiger partial charge in [-0.2, -0.15) is 0 Å². The molecule has 0 radical (unpaired) electrons. The first-order valence-corrected chi connectivity index (χ1v) is 7.99. The lowest BCUT2D eigenvalue weighted by atomic mass is 10.1. The zero-order valence-electron chi connectivity index (χ0n) is 14.3. The van der Waals surface area contributed by atoms with E-state index in [0.717, 1.165) is 11.1 Å². The molecule has 128 valence electrons. The molecule has 6 heteroatoms. The van der Waals surface area contributed by atoms with E-state index in [1.807, 2.05) is 27.1 Å². The third-order valence-electron chi connectivity index (χ3n) is 3.73. The number of hydrogen-bond acceptors (Lipinski definition) is 3. The number of hydrogen-bond donors (Lipinski definition) is 1. The number of aromatic nitrogens is 3. The van der Waals surface area contributed by atoms with Crippen molar-refractivity contribution in [3.05, 3.63) is 60.4 Å². The van der Waals surface area contributed by atoms with Gasteiger partial charge in [-0.3, -0.25) is 4.79 Å². The molecule has 3 rings (SSSR count). The van der Waals surface area contributed by atoms with Crippen LogP contribution in [-0.4, -0.2) is 26.5 Å². The Hall–Kier alpha value is -3.02. The van der Waals surface area contributed by atoms with Crippen LogP contribution in [0.5, 0.6) is 0 Å². The molecule has 0 aliphatic rings. The van der Waals surface area contributed by atoms with E-state index >= 15 is 0 Å². The van der Waals surface area contributed by atoms with Crippen LogP contribution in [-0.2, 0) is 7.05 Å². The minimum absolute atomic E-state index is 0.0692. The van der Waals surface area contributed by atoms with Crippen molar-refractivity contribution in [1.82, 2.24) is 19.9 Å². The highest BCUT2D eigenvalue weighted by Crippen LogP contribution is 2.23. The number of carbonyl (C=O) groups is 1. The number of amides is 1. The first kappa shape index (κ1) is 16.8. The van der Waals surface area contributed by atoms with Gasteiger partial charge in [0.15, 0.2) is 5.82 Å². The molecule has 1 N–H and O–H groups in total. The van der Waals surface area contributed by atoms with Gasteiger partial charge in [-0.25, -0.2) is 14.4 Å². The smallest absolute Gasteiger partial charge is 0.268 e. The number of nitrogens with one attached hydrogen (secondary N) is 1. The fraction of sp³-hybridized carbons (Fsp3) is 0.211. The first-order chi connectivity index (χ1) is 11.9. The summed E-state index contributed by atoms with van der Waals surface area (Å²) < 4.78 is 15.1. The van der Waals surface area contributed by atoms with Gasteiger partial charge in [-0.05, 0) is 32.0 Å². The summed E-state index contributed by atoms with van der Waals surface area (Å²) in [5.41, 5.74) is 2.83. The maximum atomic E-state index is 13.3. The predicted octanol–water partition coefficient (Wildman–Crippen LogP) is 3.43. The molecule has 0 saturated heterocycles. The van der Waals surface area contributed by atoms with Crippen LogP contribution in [0, 0.1) is 5.82 Å². The summed E-state index contributed by atoms with van der Waals surface area (Å²) in [6, 6.07) is 8.03. The second-order valence-electron chi connectivity index (χ2n) is 6.16. The van der Waals surface area contributed by atoms with E-state index in [1.54, 1.807) is 35.2 Å². The molecule has 0 bridgehead atoms. The van der Waals surface area contributed by atoms with Gasteiger partial charge in [0, 0.05) is 48.4 Å². The summed E-state index contributed by atoms with van der Waals surface area (Å²) in [6.45, 7) is 3.83. The first-order valence-electron chi connectivity index (χ1n) is 7.99. The number of nitrogens with zero attached hydrogens (tertiary/aromatic N) is 3. The van der Waals surface area contributed by atoms with Gasteiger partial charge in [0.2, 0.25) is 0 Å². The molecule has 0 aliphatic carbocycles. The predicted molar refractivity (Wildman–Crippen MR) is 94.4 cm³/mol. The summed E-state index contributed by atoms with van der Waals surface area (Å²) in [5.74, 6) is 0.00653. The maximum absolute atomic E-state index is 13.3. The van der Waals surface area contributed by atoms with Crippen molar-refractivity contribution >= 4 is 5.91 Å². The summed E-state index contributed by atoms with van der Waals surface area (Å²) in [5, 5.41) is 2.87. The Balaban J connectivity index is 1.87. The maximum Gasteiger partial charge on any atom is 0.268 e. The lowest BCUT2D eigenvalue weighted by Crippen LogP contribution is -2.31. The molecule has 0 saturated carbocycles. The average molecular weight is 338 g/mol. The van der Waals surface area contributed by atoms with Gasteiger partial charge >= 0.3 is 0 Å². The molecule has 3 aromatic rings. The van der Waals surface area contributed by atoms with Crippen LogP contribution < -0.4 is 5.32 Å². The molecule has 0 fully saturated rings. The summed E-state index contributed by atoms with van der Waals surface area (Å²) in [6.07, 6.45) is 5.20. The van der Waals surface area contributed by atoms with Gasteiger partial charge in [0.25, 0.3) is 5.91 Å². The van der Waals surface area contributed by atoms with Crippen LogP contribution in [0.3, 0.4) is 0 Å². The zero-order valence-corrected chi connectivity index (χ0v) is 14.3. The quantitative estimate of drug-likeness (QED) is 0.793. The van der Waals surface area contributed by atoms with E-state index in [1.165, 1.54) is 12.1 Å². The normalized spacial score (nSPS) is 10.9. The van der Waals surface area contributed by atoms with E-state index in [-0.39, 0.29) is 17.8 Å². The average Bonchev–Trinajstić information content (AvgIpc) is 2.96. The fourth-order valence-corrected chi connectivity index (χ4v) is 2.54. The van der Waals surface area contributed by atoms with Gasteiger partial charge in [0.1, 0.15) is 11.5 Å². The van der Waals surface area contributed by atoms with Gasteiger partial charge < -0.3 is 9.88 Å². The van der Waals surface area contributed by atoms with E-state index in [9.17, 15) is 9.18 Å². The van der Waals surface area contributed by atoms with Crippen molar-refractivity contribution in [3.63, 3.8) is 0 Å². The Morgan fingerprint density at radius 3 is 2.48 bits per heavy atom. The van der Waals surface area contributed by atoms with Gasteiger partial charge in [-0.15, -0.1) is 0 Å². The molecule has 5 nitrogen and oxygen atoms in total. The molecule has 0 aliphatic heterocycles. The Labute approximate surface area is 145 Å². The number of halogens is 1. The Kier molecular flexibility index (Phi) is 4.61. The third-order valence-corrected chi connectivity index (χ3v) is 3.73. The number of carbonyl (C=O) groups excluding carboxylic acids is 1. The van der Waals surface area contributed by atoms with Crippen molar-refractivity contribution in [1.29, 1.82) is 0 Å². The molecule has 2 heterocycles. The fourth-order valence-electron chi connectivity index (χ4n) is 2.54. The second-order valence-corrected chi connectivity index (χ2v) is 6.16. The minimum atomic E-state index is -0.325. The largest absolute Gasteiger partial charge is 0.349 e. The van der Waals surface area contributed by atoms with Gasteiger partial charge in [0.05, 0.1) is 0 Å². The van der Waals surface area contributed by atoms with Crippen molar-refractivity contribution in [3.8, 4) is 22.5 Å². The monoisotopic (exact) mass is 338 g/mol. The molecule has 25 heavy (non-hydrogen) atoms. The molecule has 0 atom stereocenters. The lowest BCUT2D eigenvalue weighted by molar-refractivity contribution is 0.0935. The van der Waals surface area contributed by atoms with Crippen LogP contribution in [0.2, 0.25) is 0 Å². The molecular weight excluding hydrogens is 319 g/mol. The number of benzene rings is 1.